The molecule has 0 atom stereocenters. The van der Waals surface area contributed by atoms with Gasteiger partial charge in [-0.05, 0) is 49.9 Å². The summed E-state index contributed by atoms with van der Waals surface area (Å²) in [7, 11) is 1.54. The maximum Gasteiger partial charge on any atom is 0.340 e. The third-order valence-electron chi connectivity index (χ3n) is 6.41. The lowest BCUT2D eigenvalue weighted by molar-refractivity contribution is 0.0386. The first kappa shape index (κ1) is 23.1. The first-order valence-corrected chi connectivity index (χ1v) is 11.1. The molecule has 2 aliphatic rings. The Kier molecular flexibility index (Phi) is 6.90. The summed E-state index contributed by atoms with van der Waals surface area (Å²) in [5.74, 6) is 0.710. The SMILES string of the molecule is COCCOC(=O)c1c(C)[nH]c(C(=O)NCC2(c3ccc4c(c3)OCO4)CCOCC2)c1C. The number of ether oxygens (including phenoxy) is 5. The van der Waals surface area contributed by atoms with Crippen LogP contribution in [0.4, 0.5) is 0 Å². The quantitative estimate of drug-likeness (QED) is 0.462. The fourth-order valence-electron chi connectivity index (χ4n) is 4.47. The second kappa shape index (κ2) is 9.84. The Labute approximate surface area is 192 Å². The van der Waals surface area contributed by atoms with Gasteiger partial charge in [0.05, 0.1) is 12.2 Å². The van der Waals surface area contributed by atoms with Crippen LogP contribution in [0.5, 0.6) is 11.5 Å². The van der Waals surface area contributed by atoms with Crippen molar-refractivity contribution in [2.45, 2.75) is 32.1 Å². The lowest BCUT2D eigenvalue weighted by Crippen LogP contribution is -2.44. The summed E-state index contributed by atoms with van der Waals surface area (Å²) < 4.78 is 26.8. The normalized spacial score (nSPS) is 16.5. The van der Waals surface area contributed by atoms with Gasteiger partial charge in [-0.15, -0.1) is 0 Å². The van der Waals surface area contributed by atoms with Gasteiger partial charge in [0.15, 0.2) is 11.5 Å². The molecule has 0 spiro atoms. The van der Waals surface area contributed by atoms with Crippen LogP contribution in [-0.2, 0) is 19.6 Å². The summed E-state index contributed by atoms with van der Waals surface area (Å²) in [6.07, 6.45) is 1.54. The van der Waals surface area contributed by atoms with Crippen LogP contribution in [0.3, 0.4) is 0 Å². The van der Waals surface area contributed by atoms with Crippen LogP contribution in [0.2, 0.25) is 0 Å². The minimum absolute atomic E-state index is 0.154. The minimum atomic E-state index is -0.474. The van der Waals surface area contributed by atoms with Crippen LogP contribution in [0.1, 0.15) is 50.5 Å². The van der Waals surface area contributed by atoms with Gasteiger partial charge in [0, 0.05) is 38.0 Å². The number of aromatic nitrogens is 1. The monoisotopic (exact) mass is 458 g/mol. The van der Waals surface area contributed by atoms with Gasteiger partial charge in [0.1, 0.15) is 12.3 Å². The predicted molar refractivity (Wildman–Crippen MR) is 119 cm³/mol. The van der Waals surface area contributed by atoms with Crippen LogP contribution in [0.15, 0.2) is 18.2 Å². The van der Waals surface area contributed by atoms with Gasteiger partial charge in [-0.25, -0.2) is 4.79 Å². The standard InChI is InChI=1S/C24H30N2O7/c1-15-20(23(28)31-11-10-29-3)16(2)26-21(15)22(27)25-13-24(6-8-30-9-7-24)17-4-5-18-19(12-17)33-14-32-18/h4-5,12,26H,6-11,13-14H2,1-3H3,(H,25,27). The molecule has 2 N–H and O–H groups in total. The zero-order valence-electron chi connectivity index (χ0n) is 19.2. The molecule has 9 nitrogen and oxygen atoms in total. The summed E-state index contributed by atoms with van der Waals surface area (Å²) in [5.41, 5.74) is 2.70. The molecule has 2 aromatic rings. The number of methoxy groups -OCH3 is 1. The molecule has 1 aromatic heterocycles. The van der Waals surface area contributed by atoms with Crippen molar-refractivity contribution in [2.24, 2.45) is 0 Å². The van der Waals surface area contributed by atoms with E-state index in [1.165, 1.54) is 7.11 Å². The van der Waals surface area contributed by atoms with Crippen molar-refractivity contribution in [1.82, 2.24) is 10.3 Å². The number of hydrogen-bond donors (Lipinski definition) is 2. The molecule has 33 heavy (non-hydrogen) atoms. The van der Waals surface area contributed by atoms with Gasteiger partial charge in [-0.2, -0.15) is 0 Å². The molecule has 178 valence electrons. The highest BCUT2D eigenvalue weighted by Gasteiger charge is 2.36. The van der Waals surface area contributed by atoms with E-state index in [0.29, 0.717) is 48.9 Å². The van der Waals surface area contributed by atoms with Gasteiger partial charge >= 0.3 is 5.97 Å². The third-order valence-corrected chi connectivity index (χ3v) is 6.41. The van der Waals surface area contributed by atoms with Gasteiger partial charge in [-0.1, -0.05) is 6.07 Å². The number of hydrogen-bond acceptors (Lipinski definition) is 7. The second-order valence-corrected chi connectivity index (χ2v) is 8.40. The van der Waals surface area contributed by atoms with Crippen LogP contribution in [0, 0.1) is 13.8 Å². The molecule has 0 radical (unpaired) electrons. The Balaban J connectivity index is 1.51. The van der Waals surface area contributed by atoms with E-state index in [1.54, 1.807) is 13.8 Å². The molecule has 1 aromatic carbocycles. The van der Waals surface area contributed by atoms with E-state index >= 15 is 0 Å². The molecule has 2 aliphatic heterocycles. The number of H-pyrrole nitrogens is 1. The Hall–Kier alpha value is -3.04. The summed E-state index contributed by atoms with van der Waals surface area (Å²) in [6, 6.07) is 5.94. The number of amides is 1. The van der Waals surface area contributed by atoms with Crippen LogP contribution in [-0.4, -0.2) is 63.7 Å². The number of esters is 1. The summed E-state index contributed by atoms with van der Waals surface area (Å²) >= 11 is 0. The van der Waals surface area contributed by atoms with Crippen LogP contribution in [0.25, 0.3) is 0 Å². The number of nitrogens with one attached hydrogen (secondary N) is 2. The van der Waals surface area contributed by atoms with E-state index < -0.39 is 5.97 Å². The number of carbonyl (C=O) groups is 2. The average molecular weight is 459 g/mol. The Bertz CT molecular complexity index is 1020. The maximum absolute atomic E-state index is 13.1. The molecular weight excluding hydrogens is 428 g/mol. The van der Waals surface area contributed by atoms with Crippen molar-refractivity contribution in [2.75, 3.05) is 46.9 Å². The van der Waals surface area contributed by atoms with Gasteiger partial charge in [-0.3, -0.25) is 4.79 Å². The molecule has 1 amide bonds. The van der Waals surface area contributed by atoms with Crippen molar-refractivity contribution >= 4 is 11.9 Å². The van der Waals surface area contributed by atoms with Crippen molar-refractivity contribution in [3.8, 4) is 11.5 Å². The number of aromatic amines is 1. The molecular formula is C24H30N2O7. The van der Waals surface area contributed by atoms with E-state index in [2.05, 4.69) is 10.3 Å². The minimum Gasteiger partial charge on any atom is -0.460 e. The van der Waals surface area contributed by atoms with E-state index in [0.717, 1.165) is 29.9 Å². The molecule has 0 bridgehead atoms. The highest BCUT2D eigenvalue weighted by atomic mass is 16.7. The van der Waals surface area contributed by atoms with Gasteiger partial charge in [0.25, 0.3) is 5.91 Å². The van der Waals surface area contributed by atoms with Gasteiger partial charge in [0.2, 0.25) is 6.79 Å². The molecule has 1 saturated heterocycles. The Morgan fingerprint density at radius 2 is 1.88 bits per heavy atom. The highest BCUT2D eigenvalue weighted by Crippen LogP contribution is 2.40. The Morgan fingerprint density at radius 3 is 2.64 bits per heavy atom. The van der Waals surface area contributed by atoms with Crippen molar-refractivity contribution < 1.29 is 33.3 Å². The topological polar surface area (TPSA) is 108 Å². The van der Waals surface area contributed by atoms with E-state index in [1.807, 2.05) is 18.2 Å². The number of rotatable bonds is 8. The van der Waals surface area contributed by atoms with Crippen molar-refractivity contribution in [3.63, 3.8) is 0 Å². The summed E-state index contributed by atoms with van der Waals surface area (Å²) in [4.78, 5) is 28.6. The number of carbonyl (C=O) groups excluding carboxylic acids is 2. The smallest absolute Gasteiger partial charge is 0.340 e. The lowest BCUT2D eigenvalue weighted by Gasteiger charge is -2.38. The Morgan fingerprint density at radius 1 is 1.12 bits per heavy atom. The van der Waals surface area contributed by atoms with Crippen molar-refractivity contribution in [1.29, 1.82) is 0 Å². The van der Waals surface area contributed by atoms with E-state index in [4.69, 9.17) is 23.7 Å². The first-order valence-electron chi connectivity index (χ1n) is 11.1. The van der Waals surface area contributed by atoms with Gasteiger partial charge < -0.3 is 34.0 Å². The number of aryl methyl sites for hydroxylation is 1. The first-order chi connectivity index (χ1) is 15.9. The highest BCUT2D eigenvalue weighted by molar-refractivity contribution is 6.00. The fourth-order valence-corrected chi connectivity index (χ4v) is 4.47. The summed E-state index contributed by atoms with van der Waals surface area (Å²) in [5, 5.41) is 3.08. The zero-order chi connectivity index (χ0) is 23.4. The maximum atomic E-state index is 13.1. The fraction of sp³-hybridized carbons (Fsp3) is 0.500. The average Bonchev–Trinajstić information content (AvgIpc) is 3.41. The number of fused-ring (bicyclic) bond motifs is 1. The third kappa shape index (κ3) is 4.69. The second-order valence-electron chi connectivity index (χ2n) is 8.40. The zero-order valence-corrected chi connectivity index (χ0v) is 19.2. The molecule has 4 rings (SSSR count). The van der Waals surface area contributed by atoms with E-state index in [9.17, 15) is 9.59 Å². The summed E-state index contributed by atoms with van der Waals surface area (Å²) in [6.45, 7) is 5.84. The molecule has 9 heteroatoms. The molecule has 1 fully saturated rings. The molecule has 0 aliphatic carbocycles. The van der Waals surface area contributed by atoms with Crippen molar-refractivity contribution in [3.05, 3.63) is 46.3 Å². The lowest BCUT2D eigenvalue weighted by atomic mass is 9.74. The predicted octanol–water partition coefficient (Wildman–Crippen LogP) is 2.64. The molecule has 0 unspecified atom stereocenters. The van der Waals surface area contributed by atoms with Crippen LogP contribution >= 0.6 is 0 Å². The van der Waals surface area contributed by atoms with E-state index in [-0.39, 0.29) is 24.7 Å². The largest absolute Gasteiger partial charge is 0.460 e. The number of benzene rings is 1. The molecule has 0 saturated carbocycles. The molecule has 3 heterocycles. The van der Waals surface area contributed by atoms with Crippen LogP contribution < -0.4 is 14.8 Å².